The zero-order valence-electron chi connectivity index (χ0n) is 9.28. The Morgan fingerprint density at radius 3 is 2.56 bits per heavy atom. The van der Waals surface area contributed by atoms with Crippen molar-refractivity contribution in [3.05, 3.63) is 29.8 Å². The molecule has 0 saturated carbocycles. The van der Waals surface area contributed by atoms with Crippen molar-refractivity contribution in [1.29, 1.82) is 0 Å². The number of benzene rings is 1. The summed E-state index contributed by atoms with van der Waals surface area (Å²) >= 11 is 0. The van der Waals surface area contributed by atoms with Crippen LogP contribution in [0.25, 0.3) is 0 Å². The van der Waals surface area contributed by atoms with Crippen molar-refractivity contribution in [1.82, 2.24) is 4.90 Å². The van der Waals surface area contributed by atoms with Crippen LogP contribution in [0.4, 0.5) is 0 Å². The molecule has 1 heterocycles. The highest BCUT2D eigenvalue weighted by Crippen LogP contribution is 2.16. The van der Waals surface area contributed by atoms with E-state index in [9.17, 15) is 9.90 Å². The Balaban J connectivity index is 2.11. The lowest BCUT2D eigenvalue weighted by molar-refractivity contribution is 0.0761. The van der Waals surface area contributed by atoms with Crippen LogP contribution >= 0.6 is 0 Å². The van der Waals surface area contributed by atoms with Crippen LogP contribution in [0.15, 0.2) is 18.2 Å². The number of rotatable bonds is 1. The molecule has 1 N–H and O–H groups in total. The Morgan fingerprint density at radius 2 is 1.94 bits per heavy atom. The molecule has 0 unspecified atom stereocenters. The first-order valence-electron chi connectivity index (χ1n) is 5.77. The maximum Gasteiger partial charge on any atom is 0.253 e. The van der Waals surface area contributed by atoms with E-state index in [2.05, 4.69) is 6.07 Å². The first-order valence-corrected chi connectivity index (χ1v) is 5.77. The molecule has 3 heteroatoms. The predicted molar refractivity (Wildman–Crippen MR) is 61.3 cm³/mol. The molecule has 1 aromatic rings. The predicted octanol–water partition coefficient (Wildman–Crippen LogP) is 2.21. The molecule has 16 heavy (non-hydrogen) atoms. The van der Waals surface area contributed by atoms with E-state index in [-0.39, 0.29) is 11.7 Å². The average molecular weight is 218 g/mol. The molecule has 1 radical (unpaired) electrons. The SMILES string of the molecule is O=C(c1cc[c]c(O)c1)N1CCCCCC1. The smallest absolute Gasteiger partial charge is 0.253 e. The van der Waals surface area contributed by atoms with Crippen molar-refractivity contribution in [3.8, 4) is 5.75 Å². The minimum atomic E-state index is 0.0196. The van der Waals surface area contributed by atoms with E-state index in [4.69, 9.17) is 0 Å². The number of aromatic hydroxyl groups is 1. The molecule has 3 nitrogen and oxygen atoms in total. The van der Waals surface area contributed by atoms with E-state index in [1.54, 1.807) is 12.1 Å². The van der Waals surface area contributed by atoms with E-state index in [1.165, 1.54) is 18.9 Å². The topological polar surface area (TPSA) is 40.5 Å². The molecule has 1 saturated heterocycles. The van der Waals surface area contributed by atoms with Crippen LogP contribution < -0.4 is 0 Å². The molecule has 1 aliphatic rings. The Labute approximate surface area is 95.7 Å². The second kappa shape index (κ2) is 5.01. The largest absolute Gasteiger partial charge is 0.507 e. The number of hydrogen-bond acceptors (Lipinski definition) is 2. The van der Waals surface area contributed by atoms with Crippen LogP contribution in [0.3, 0.4) is 0 Å². The third-order valence-electron chi connectivity index (χ3n) is 2.93. The summed E-state index contributed by atoms with van der Waals surface area (Å²) in [5.74, 6) is 0.0480. The van der Waals surface area contributed by atoms with Gasteiger partial charge in [-0.25, -0.2) is 0 Å². The summed E-state index contributed by atoms with van der Waals surface area (Å²) in [6.45, 7) is 1.66. The van der Waals surface area contributed by atoms with Gasteiger partial charge in [0.25, 0.3) is 5.91 Å². The Bertz CT molecular complexity index is 368. The minimum Gasteiger partial charge on any atom is -0.507 e. The van der Waals surface area contributed by atoms with E-state index in [0.29, 0.717) is 5.56 Å². The lowest BCUT2D eigenvalue weighted by atomic mass is 10.2. The maximum absolute atomic E-state index is 12.1. The Hall–Kier alpha value is -1.51. The van der Waals surface area contributed by atoms with Gasteiger partial charge in [-0.15, -0.1) is 0 Å². The zero-order valence-corrected chi connectivity index (χ0v) is 9.28. The van der Waals surface area contributed by atoms with Crippen molar-refractivity contribution in [3.63, 3.8) is 0 Å². The normalized spacial score (nSPS) is 16.9. The number of hydrogen-bond donors (Lipinski definition) is 1. The summed E-state index contributed by atoms with van der Waals surface area (Å²) in [4.78, 5) is 14.0. The number of phenols is 1. The number of carbonyl (C=O) groups is 1. The Morgan fingerprint density at radius 1 is 1.25 bits per heavy atom. The summed E-state index contributed by atoms with van der Waals surface area (Å²) in [7, 11) is 0. The minimum absolute atomic E-state index is 0.0196. The second-order valence-electron chi connectivity index (χ2n) is 4.17. The van der Waals surface area contributed by atoms with Crippen LogP contribution in [0.1, 0.15) is 36.0 Å². The van der Waals surface area contributed by atoms with Crippen molar-refractivity contribution in [2.24, 2.45) is 0 Å². The highest BCUT2D eigenvalue weighted by Gasteiger charge is 2.17. The molecule has 2 rings (SSSR count). The van der Waals surface area contributed by atoms with Gasteiger partial charge in [0.15, 0.2) is 0 Å². The van der Waals surface area contributed by atoms with Gasteiger partial charge in [0.2, 0.25) is 0 Å². The zero-order chi connectivity index (χ0) is 11.4. The summed E-state index contributed by atoms with van der Waals surface area (Å²) < 4.78 is 0. The average Bonchev–Trinajstić information content (AvgIpc) is 2.56. The van der Waals surface area contributed by atoms with Crippen molar-refractivity contribution >= 4 is 5.91 Å². The van der Waals surface area contributed by atoms with Gasteiger partial charge < -0.3 is 10.0 Å². The monoisotopic (exact) mass is 218 g/mol. The van der Waals surface area contributed by atoms with Gasteiger partial charge in [0, 0.05) is 24.7 Å². The number of likely N-dealkylation sites (tertiary alicyclic amines) is 1. The fourth-order valence-electron chi connectivity index (χ4n) is 2.04. The standard InChI is InChI=1S/C13H16NO2/c15-12-7-5-6-11(10-12)13(16)14-8-3-1-2-4-9-14/h5-6,10,15H,1-4,8-9H2. The van der Waals surface area contributed by atoms with Crippen molar-refractivity contribution in [2.45, 2.75) is 25.7 Å². The number of carbonyl (C=O) groups excluding carboxylic acids is 1. The van der Waals surface area contributed by atoms with Gasteiger partial charge in [-0.05, 0) is 31.0 Å². The molecule has 0 spiro atoms. The quantitative estimate of drug-likeness (QED) is 0.785. The Kier molecular flexibility index (Phi) is 3.44. The van der Waals surface area contributed by atoms with Crippen molar-refractivity contribution < 1.29 is 9.90 Å². The summed E-state index contributed by atoms with van der Waals surface area (Å²) in [5, 5.41) is 9.29. The summed E-state index contributed by atoms with van der Waals surface area (Å²) in [5.41, 5.74) is 0.554. The first-order chi connectivity index (χ1) is 7.77. The van der Waals surface area contributed by atoms with Gasteiger partial charge in [0.05, 0.1) is 0 Å². The third kappa shape index (κ3) is 2.54. The molecule has 1 amide bonds. The lowest BCUT2D eigenvalue weighted by Gasteiger charge is -2.20. The van der Waals surface area contributed by atoms with Crippen LogP contribution in [0.5, 0.6) is 5.75 Å². The first kappa shape index (κ1) is 11.0. The van der Waals surface area contributed by atoms with Crippen LogP contribution in [0.2, 0.25) is 0 Å². The molecule has 1 fully saturated rings. The molecule has 0 atom stereocenters. The van der Waals surface area contributed by atoms with Gasteiger partial charge in [0.1, 0.15) is 5.75 Å². The van der Waals surface area contributed by atoms with Crippen LogP contribution in [-0.2, 0) is 0 Å². The molecule has 0 bridgehead atoms. The highest BCUT2D eigenvalue weighted by molar-refractivity contribution is 5.94. The fourth-order valence-corrected chi connectivity index (χ4v) is 2.04. The summed E-state index contributed by atoms with van der Waals surface area (Å²) in [6, 6.07) is 7.39. The number of amides is 1. The van der Waals surface area contributed by atoms with E-state index in [0.717, 1.165) is 25.9 Å². The number of phenolic OH excluding ortho intramolecular Hbond substituents is 1. The van der Waals surface area contributed by atoms with Crippen LogP contribution in [0, 0.1) is 6.07 Å². The van der Waals surface area contributed by atoms with Gasteiger partial charge in [-0.3, -0.25) is 4.79 Å². The van der Waals surface area contributed by atoms with Crippen LogP contribution in [-0.4, -0.2) is 29.0 Å². The summed E-state index contributed by atoms with van der Waals surface area (Å²) in [6.07, 6.45) is 4.57. The van der Waals surface area contributed by atoms with E-state index < -0.39 is 0 Å². The van der Waals surface area contributed by atoms with Gasteiger partial charge in [-0.1, -0.05) is 12.8 Å². The van der Waals surface area contributed by atoms with Gasteiger partial charge in [-0.2, -0.15) is 0 Å². The molecule has 0 aromatic heterocycles. The highest BCUT2D eigenvalue weighted by atomic mass is 16.3. The van der Waals surface area contributed by atoms with Crippen molar-refractivity contribution in [2.75, 3.05) is 13.1 Å². The molecule has 85 valence electrons. The lowest BCUT2D eigenvalue weighted by Crippen LogP contribution is -2.31. The van der Waals surface area contributed by atoms with E-state index >= 15 is 0 Å². The fraction of sp³-hybridized carbons (Fsp3) is 0.462. The van der Waals surface area contributed by atoms with Gasteiger partial charge >= 0.3 is 0 Å². The second-order valence-corrected chi connectivity index (χ2v) is 4.17. The maximum atomic E-state index is 12.1. The molecule has 0 aliphatic carbocycles. The molecule has 1 aliphatic heterocycles. The third-order valence-corrected chi connectivity index (χ3v) is 2.93. The van der Waals surface area contributed by atoms with E-state index in [1.807, 2.05) is 4.90 Å². The molecule has 1 aromatic carbocycles. The molecular formula is C13H16NO2. The number of nitrogens with zero attached hydrogens (tertiary/aromatic N) is 1. The molecular weight excluding hydrogens is 202 g/mol.